The van der Waals surface area contributed by atoms with E-state index >= 15 is 0 Å². The van der Waals surface area contributed by atoms with Crippen molar-refractivity contribution < 1.29 is 0 Å². The van der Waals surface area contributed by atoms with Crippen LogP contribution in [0.3, 0.4) is 0 Å². The van der Waals surface area contributed by atoms with Crippen molar-refractivity contribution in [3.05, 3.63) is 0 Å². The predicted octanol–water partition coefficient (Wildman–Crippen LogP) is 3.77. The molecule has 0 aliphatic carbocycles. The summed E-state index contributed by atoms with van der Waals surface area (Å²) >= 11 is 12.6. The number of hydrogen-bond acceptors (Lipinski definition) is 0. The number of alkyl halides is 1. The molecule has 0 bridgehead atoms. The van der Waals surface area contributed by atoms with Crippen molar-refractivity contribution in [3.8, 4) is 0 Å². The van der Waals surface area contributed by atoms with Crippen LogP contribution in [0.25, 0.3) is 0 Å². The van der Waals surface area contributed by atoms with Crippen LogP contribution < -0.4 is 0 Å². The SMILES string of the molecule is CCC(Cl)(CC)[Si](C)(C)Cl. The summed E-state index contributed by atoms with van der Waals surface area (Å²) in [6.07, 6.45) is 1.96. The number of rotatable bonds is 3. The standard InChI is InChI=1S/C7H16Cl2Si/c1-5-7(8,6-2)10(3,4)9/h5-6H2,1-4H3. The Balaban J connectivity index is 4.33. The van der Waals surface area contributed by atoms with E-state index in [-0.39, 0.29) is 4.50 Å². The lowest BCUT2D eigenvalue weighted by atomic mass is 10.2. The first-order valence-electron chi connectivity index (χ1n) is 3.75. The van der Waals surface area contributed by atoms with Crippen LogP contribution in [0.5, 0.6) is 0 Å². The third-order valence-corrected chi connectivity index (χ3v) is 8.35. The minimum atomic E-state index is -1.67. The summed E-state index contributed by atoms with van der Waals surface area (Å²) in [6, 6.07) is 0. The first-order chi connectivity index (χ1) is 4.37. The molecule has 0 N–H and O–H groups in total. The van der Waals surface area contributed by atoms with Gasteiger partial charge in [-0.15, -0.1) is 11.6 Å². The van der Waals surface area contributed by atoms with Gasteiger partial charge in [-0.3, -0.25) is 0 Å². The van der Waals surface area contributed by atoms with Crippen molar-refractivity contribution in [1.82, 2.24) is 0 Å². The summed E-state index contributed by atoms with van der Waals surface area (Å²) in [7, 11) is -1.67. The highest BCUT2D eigenvalue weighted by molar-refractivity contribution is 7.23. The molecule has 0 spiro atoms. The molecule has 0 saturated heterocycles. The Labute approximate surface area is 74.6 Å². The summed E-state index contributed by atoms with van der Waals surface area (Å²) in [5.74, 6) is 0. The Morgan fingerprint density at radius 2 is 1.50 bits per heavy atom. The second kappa shape index (κ2) is 3.46. The molecule has 0 aromatic carbocycles. The van der Waals surface area contributed by atoms with Crippen LogP contribution >= 0.6 is 22.7 Å². The molecular weight excluding hydrogens is 183 g/mol. The Kier molecular flexibility index (Phi) is 3.74. The van der Waals surface area contributed by atoms with Gasteiger partial charge in [0, 0.05) is 0 Å². The van der Waals surface area contributed by atoms with Gasteiger partial charge in [0.1, 0.15) is 0 Å². The molecule has 0 amide bonds. The van der Waals surface area contributed by atoms with Gasteiger partial charge < -0.3 is 0 Å². The van der Waals surface area contributed by atoms with E-state index in [1.165, 1.54) is 0 Å². The molecule has 0 rings (SSSR count). The minimum Gasteiger partial charge on any atom is -0.166 e. The molecule has 0 aromatic rings. The van der Waals surface area contributed by atoms with Crippen LogP contribution in [0.15, 0.2) is 0 Å². The topological polar surface area (TPSA) is 0 Å². The van der Waals surface area contributed by atoms with Gasteiger partial charge in [0.2, 0.25) is 0 Å². The molecule has 0 atom stereocenters. The molecule has 0 aliphatic heterocycles. The molecule has 0 fully saturated rings. The Bertz CT molecular complexity index is 103. The summed E-state index contributed by atoms with van der Waals surface area (Å²) < 4.78 is -0.103. The molecule has 62 valence electrons. The lowest BCUT2D eigenvalue weighted by molar-refractivity contribution is 0.692. The second-order valence-corrected chi connectivity index (χ2v) is 10.9. The van der Waals surface area contributed by atoms with Gasteiger partial charge in [-0.1, -0.05) is 26.9 Å². The molecule has 10 heavy (non-hydrogen) atoms. The van der Waals surface area contributed by atoms with Gasteiger partial charge in [0.05, 0.1) is 4.50 Å². The fraction of sp³-hybridized carbons (Fsp3) is 1.00. The summed E-state index contributed by atoms with van der Waals surface area (Å²) in [4.78, 5) is 0. The maximum Gasteiger partial charge on any atom is 0.171 e. The fourth-order valence-electron chi connectivity index (χ4n) is 1.09. The second-order valence-electron chi connectivity index (χ2n) is 3.14. The predicted molar refractivity (Wildman–Crippen MR) is 52.5 cm³/mol. The van der Waals surface area contributed by atoms with Crippen molar-refractivity contribution in [3.63, 3.8) is 0 Å². The van der Waals surface area contributed by atoms with Crippen molar-refractivity contribution in [2.75, 3.05) is 0 Å². The van der Waals surface area contributed by atoms with Crippen LogP contribution in [0.4, 0.5) is 0 Å². The maximum atomic E-state index is 6.31. The zero-order valence-electron chi connectivity index (χ0n) is 7.17. The largest absolute Gasteiger partial charge is 0.171 e. The first-order valence-corrected chi connectivity index (χ1v) is 8.14. The van der Waals surface area contributed by atoms with Crippen molar-refractivity contribution in [2.24, 2.45) is 0 Å². The quantitative estimate of drug-likeness (QED) is 0.368. The molecule has 3 heteroatoms. The highest BCUT2D eigenvalue weighted by Crippen LogP contribution is 2.36. The maximum absolute atomic E-state index is 6.31. The van der Waals surface area contributed by atoms with Crippen LogP contribution in [-0.2, 0) is 0 Å². The first kappa shape index (κ1) is 10.8. The highest BCUT2D eigenvalue weighted by atomic mass is 35.6. The van der Waals surface area contributed by atoms with Gasteiger partial charge in [-0.25, -0.2) is 0 Å². The van der Waals surface area contributed by atoms with E-state index in [4.69, 9.17) is 22.7 Å². The van der Waals surface area contributed by atoms with Gasteiger partial charge in [0.25, 0.3) is 0 Å². The van der Waals surface area contributed by atoms with Crippen molar-refractivity contribution in [2.45, 2.75) is 44.3 Å². The highest BCUT2D eigenvalue weighted by Gasteiger charge is 2.41. The molecule has 0 unspecified atom stereocenters. The molecule has 0 aliphatic rings. The summed E-state index contributed by atoms with van der Waals surface area (Å²) in [6.45, 7) is 8.42. The lowest BCUT2D eigenvalue weighted by Gasteiger charge is -2.33. The minimum absolute atomic E-state index is 0.103. The van der Waals surface area contributed by atoms with Crippen LogP contribution in [-0.4, -0.2) is 11.9 Å². The third kappa shape index (κ3) is 2.14. The zero-order chi connectivity index (χ0) is 8.41. The molecule has 0 aromatic heterocycles. The van der Waals surface area contributed by atoms with Crippen molar-refractivity contribution in [1.29, 1.82) is 0 Å². The van der Waals surface area contributed by atoms with E-state index < -0.39 is 7.38 Å². The van der Waals surface area contributed by atoms with E-state index in [0.717, 1.165) is 12.8 Å². The van der Waals surface area contributed by atoms with Crippen molar-refractivity contribution >= 4 is 30.1 Å². The average Bonchev–Trinajstić information content (AvgIpc) is 1.84. The summed E-state index contributed by atoms with van der Waals surface area (Å²) in [5.41, 5.74) is 0. The zero-order valence-corrected chi connectivity index (χ0v) is 9.68. The fourth-order valence-corrected chi connectivity index (χ4v) is 3.57. The van der Waals surface area contributed by atoms with Gasteiger partial charge in [0.15, 0.2) is 7.38 Å². The molecule has 0 nitrogen and oxygen atoms in total. The number of halogens is 2. The monoisotopic (exact) mass is 198 g/mol. The van der Waals surface area contributed by atoms with Crippen LogP contribution in [0.2, 0.25) is 13.1 Å². The third-order valence-electron chi connectivity index (χ3n) is 2.19. The van der Waals surface area contributed by atoms with Gasteiger partial charge in [-0.05, 0) is 12.8 Å². The number of hydrogen-bond donors (Lipinski definition) is 0. The molecule has 0 saturated carbocycles. The Morgan fingerprint density at radius 3 is 1.50 bits per heavy atom. The van der Waals surface area contributed by atoms with E-state index in [1.807, 2.05) is 0 Å². The summed E-state index contributed by atoms with van der Waals surface area (Å²) in [5, 5.41) is 0. The average molecular weight is 199 g/mol. The molecular formula is C7H16Cl2Si. The van der Waals surface area contributed by atoms with Crippen LogP contribution in [0, 0.1) is 0 Å². The Hall–Kier alpha value is 0.797. The molecule has 0 radical (unpaired) electrons. The van der Waals surface area contributed by atoms with E-state index in [9.17, 15) is 0 Å². The van der Waals surface area contributed by atoms with Crippen LogP contribution in [0.1, 0.15) is 26.7 Å². The Morgan fingerprint density at radius 1 is 1.20 bits per heavy atom. The normalized spacial score (nSPS) is 13.8. The lowest BCUT2D eigenvalue weighted by Crippen LogP contribution is -2.44. The van der Waals surface area contributed by atoms with E-state index in [0.29, 0.717) is 0 Å². The van der Waals surface area contributed by atoms with Gasteiger partial charge >= 0.3 is 0 Å². The van der Waals surface area contributed by atoms with Gasteiger partial charge in [-0.2, -0.15) is 11.1 Å². The van der Waals surface area contributed by atoms with E-state index in [1.54, 1.807) is 0 Å². The van der Waals surface area contributed by atoms with E-state index in [2.05, 4.69) is 26.9 Å². The smallest absolute Gasteiger partial charge is 0.166 e. The molecule has 0 heterocycles.